The Labute approximate surface area is 245 Å². The molecule has 0 fully saturated rings. The summed E-state index contributed by atoms with van der Waals surface area (Å²) in [5.74, 6) is 0. The van der Waals surface area contributed by atoms with Gasteiger partial charge < -0.3 is 8.83 Å². The van der Waals surface area contributed by atoms with E-state index in [-0.39, 0.29) is 0 Å². The molecule has 0 saturated carbocycles. The summed E-state index contributed by atoms with van der Waals surface area (Å²) in [7, 11) is 0. The van der Waals surface area contributed by atoms with E-state index in [0.717, 1.165) is 57.1 Å². The van der Waals surface area contributed by atoms with Gasteiger partial charge in [0.25, 0.3) is 0 Å². The van der Waals surface area contributed by atoms with E-state index in [1.165, 1.54) is 82.7 Å². The molecule has 4 aliphatic rings. The van der Waals surface area contributed by atoms with Crippen molar-refractivity contribution in [1.82, 2.24) is 0 Å². The molecule has 0 unspecified atom stereocenters. The van der Waals surface area contributed by atoms with Gasteiger partial charge in [-0.3, -0.25) is 0 Å². The standard InChI is InChI=1S/C40H32O2/c1-2-4-6-11-26(12-7-5-3-1)29-16-20-33-37-31(29)18-22-35-39(37)40-36(41-33)23-19-32-30(17-21-34(42-35)38(32)40)28-15-14-25-10-8-9-13-27(25)24-28/h4,6-7,11-12,14-24H,1-3,5,8-10,13H2/b6-4+,12-7-,26-11+. The van der Waals surface area contributed by atoms with Crippen LogP contribution in [0.4, 0.5) is 0 Å². The molecule has 2 heterocycles. The first kappa shape index (κ1) is 24.1. The predicted octanol–water partition coefficient (Wildman–Crippen LogP) is 11.6. The monoisotopic (exact) mass is 544 g/mol. The van der Waals surface area contributed by atoms with Crippen LogP contribution in [-0.2, 0) is 12.8 Å². The molecule has 0 amide bonds. The Morgan fingerprint density at radius 2 is 1.17 bits per heavy atom. The number of benzene rings is 5. The summed E-state index contributed by atoms with van der Waals surface area (Å²) in [6, 6.07) is 24.6. The van der Waals surface area contributed by atoms with Crippen LogP contribution in [0.2, 0.25) is 0 Å². The molecule has 0 bridgehead atoms. The van der Waals surface area contributed by atoms with Crippen molar-refractivity contribution in [3.63, 3.8) is 0 Å². The van der Waals surface area contributed by atoms with Gasteiger partial charge in [0.15, 0.2) is 0 Å². The second-order valence-electron chi connectivity index (χ2n) is 12.1. The minimum atomic E-state index is 0.898. The van der Waals surface area contributed by atoms with Gasteiger partial charge in [-0.2, -0.15) is 0 Å². The number of rotatable bonds is 2. The molecule has 42 heavy (non-hydrogen) atoms. The zero-order valence-corrected chi connectivity index (χ0v) is 23.7. The Balaban J connectivity index is 1.30. The van der Waals surface area contributed by atoms with Crippen LogP contribution in [0.5, 0.6) is 0 Å². The first-order valence-corrected chi connectivity index (χ1v) is 15.5. The van der Waals surface area contributed by atoms with E-state index in [1.807, 2.05) is 0 Å². The Morgan fingerprint density at radius 1 is 0.524 bits per heavy atom. The van der Waals surface area contributed by atoms with E-state index in [4.69, 9.17) is 8.83 Å². The van der Waals surface area contributed by atoms with Gasteiger partial charge in [-0.25, -0.2) is 0 Å². The average Bonchev–Trinajstić information content (AvgIpc) is 3.04. The lowest BCUT2D eigenvalue weighted by atomic mass is 9.85. The van der Waals surface area contributed by atoms with E-state index >= 15 is 0 Å². The molecule has 204 valence electrons. The van der Waals surface area contributed by atoms with Crippen molar-refractivity contribution >= 4 is 49.5 Å². The highest BCUT2D eigenvalue weighted by Gasteiger charge is 2.26. The lowest BCUT2D eigenvalue weighted by molar-refractivity contribution is 0.646. The van der Waals surface area contributed by atoms with E-state index < -0.39 is 0 Å². The normalized spacial score (nSPS) is 19.0. The predicted molar refractivity (Wildman–Crippen MR) is 176 cm³/mol. The van der Waals surface area contributed by atoms with Gasteiger partial charge in [-0.15, -0.1) is 0 Å². The molecule has 2 aliphatic heterocycles. The molecule has 0 aromatic heterocycles. The fourth-order valence-corrected chi connectivity index (χ4v) is 7.51. The Hall–Kier alpha value is -4.56. The van der Waals surface area contributed by atoms with E-state index in [1.54, 1.807) is 0 Å². The molecule has 9 rings (SSSR count). The van der Waals surface area contributed by atoms with Crippen molar-refractivity contribution < 1.29 is 8.83 Å². The number of aryl methyl sites for hydroxylation is 2. The van der Waals surface area contributed by atoms with Gasteiger partial charge in [0.2, 0.25) is 0 Å². The number of fused-ring (bicyclic) bond motifs is 1. The molecule has 0 radical (unpaired) electrons. The summed E-state index contributed by atoms with van der Waals surface area (Å²) >= 11 is 0. The lowest BCUT2D eigenvalue weighted by Crippen LogP contribution is -2.02. The van der Waals surface area contributed by atoms with Crippen LogP contribution in [0.3, 0.4) is 0 Å². The zero-order chi connectivity index (χ0) is 27.6. The van der Waals surface area contributed by atoms with Crippen LogP contribution in [0.1, 0.15) is 55.2 Å². The quantitative estimate of drug-likeness (QED) is 0.160. The van der Waals surface area contributed by atoms with Gasteiger partial charge in [-0.1, -0.05) is 60.7 Å². The first-order valence-electron chi connectivity index (χ1n) is 15.5. The fraction of sp³-hybridized carbons (Fsp3) is 0.200. The van der Waals surface area contributed by atoms with Crippen molar-refractivity contribution in [3.8, 4) is 22.3 Å². The molecule has 2 aliphatic carbocycles. The second-order valence-corrected chi connectivity index (χ2v) is 12.1. The minimum absolute atomic E-state index is 0.898. The van der Waals surface area contributed by atoms with Gasteiger partial charge in [-0.05, 0) is 132 Å². The summed E-state index contributed by atoms with van der Waals surface area (Å²) in [6.45, 7) is 0. The average molecular weight is 545 g/mol. The van der Waals surface area contributed by atoms with Crippen molar-refractivity contribution in [3.05, 3.63) is 114 Å². The van der Waals surface area contributed by atoms with Crippen LogP contribution < -0.4 is 0 Å². The van der Waals surface area contributed by atoms with Gasteiger partial charge in [0, 0.05) is 21.9 Å². The van der Waals surface area contributed by atoms with Crippen LogP contribution in [0.15, 0.2) is 106 Å². The van der Waals surface area contributed by atoms with E-state index in [9.17, 15) is 0 Å². The molecule has 0 spiro atoms. The maximum atomic E-state index is 6.68. The molecule has 5 aromatic carbocycles. The van der Waals surface area contributed by atoms with Crippen LogP contribution in [0.25, 0.3) is 71.7 Å². The summed E-state index contributed by atoms with van der Waals surface area (Å²) in [6.07, 6.45) is 21.1. The van der Waals surface area contributed by atoms with Crippen molar-refractivity contribution in [2.24, 2.45) is 0 Å². The van der Waals surface area contributed by atoms with Crippen molar-refractivity contribution in [1.29, 1.82) is 0 Å². The van der Waals surface area contributed by atoms with Gasteiger partial charge in [0.05, 0.1) is 0 Å². The van der Waals surface area contributed by atoms with E-state index in [2.05, 4.69) is 97.1 Å². The van der Waals surface area contributed by atoms with Gasteiger partial charge in [0.1, 0.15) is 22.3 Å². The number of hydrogen-bond acceptors (Lipinski definition) is 2. The van der Waals surface area contributed by atoms with Crippen LogP contribution >= 0.6 is 0 Å². The van der Waals surface area contributed by atoms with Gasteiger partial charge >= 0.3 is 0 Å². The van der Waals surface area contributed by atoms with E-state index in [0.29, 0.717) is 0 Å². The van der Waals surface area contributed by atoms with Crippen molar-refractivity contribution in [2.45, 2.75) is 51.4 Å². The number of hydrogen-bond donors (Lipinski definition) is 0. The summed E-state index contributed by atoms with van der Waals surface area (Å²) in [5.41, 5.74) is 14.0. The summed E-state index contributed by atoms with van der Waals surface area (Å²) < 4.78 is 13.4. The zero-order valence-electron chi connectivity index (χ0n) is 23.7. The summed E-state index contributed by atoms with van der Waals surface area (Å²) in [4.78, 5) is 0. The largest absolute Gasteiger partial charge is 0.456 e. The molecule has 0 saturated heterocycles. The highest BCUT2D eigenvalue weighted by molar-refractivity contribution is 6.25. The third-order valence-electron chi connectivity index (χ3n) is 9.57. The topological polar surface area (TPSA) is 26.3 Å². The molecule has 0 atom stereocenters. The molecule has 2 heteroatoms. The third-order valence-corrected chi connectivity index (χ3v) is 9.57. The highest BCUT2D eigenvalue weighted by atomic mass is 16.3. The maximum absolute atomic E-state index is 6.68. The fourth-order valence-electron chi connectivity index (χ4n) is 7.51. The molecular weight excluding hydrogens is 512 g/mol. The molecule has 5 aromatic rings. The Morgan fingerprint density at radius 3 is 1.93 bits per heavy atom. The minimum Gasteiger partial charge on any atom is -0.456 e. The lowest BCUT2D eigenvalue weighted by Gasteiger charge is -2.22. The highest BCUT2D eigenvalue weighted by Crippen LogP contribution is 2.50. The second kappa shape index (κ2) is 9.49. The Kier molecular flexibility index (Phi) is 5.44. The summed E-state index contributed by atoms with van der Waals surface area (Å²) in [5, 5.41) is 4.72. The smallest absolute Gasteiger partial charge is 0.136 e. The van der Waals surface area contributed by atoms with Crippen molar-refractivity contribution in [2.75, 3.05) is 0 Å². The SMILES string of the molecule is C1=C/C(c2ccc3oc4ccc5c(-c6ccc7c(c6)CCCC7)ccc6oc7ccc2c3c7-c4c65)=C\C=C\CCCC\1. The number of allylic oxidation sites excluding steroid dienone is 6. The van der Waals surface area contributed by atoms with Crippen LogP contribution in [0, 0.1) is 0 Å². The third kappa shape index (κ3) is 3.64. The maximum Gasteiger partial charge on any atom is 0.136 e. The van der Waals surface area contributed by atoms with Crippen LogP contribution in [-0.4, -0.2) is 0 Å². The molecule has 2 nitrogen and oxygen atoms in total. The first-order chi connectivity index (χ1) is 20.8. The molecular formula is C40H32O2. The Bertz CT molecular complexity index is 2190. The molecule has 0 N–H and O–H groups in total.